The van der Waals surface area contributed by atoms with Crippen molar-refractivity contribution in [1.29, 1.82) is 0 Å². The summed E-state index contributed by atoms with van der Waals surface area (Å²) < 4.78 is 93.0. The first-order valence-electron chi connectivity index (χ1n) is 11.3. The normalized spacial score (nSPS) is 21.6. The van der Waals surface area contributed by atoms with E-state index in [1.807, 2.05) is 0 Å². The molecular formula is C23H24F6N4O3. The Labute approximate surface area is 202 Å². The highest BCUT2D eigenvalue weighted by atomic mass is 19.3. The van der Waals surface area contributed by atoms with Crippen LogP contribution in [0.15, 0.2) is 18.2 Å². The van der Waals surface area contributed by atoms with Gasteiger partial charge in [0.2, 0.25) is 12.6 Å². The summed E-state index contributed by atoms with van der Waals surface area (Å²) in [5, 5.41) is 5.12. The quantitative estimate of drug-likeness (QED) is 0.462. The number of nitrogens with zero attached hydrogens (tertiary/aromatic N) is 2. The van der Waals surface area contributed by atoms with Crippen LogP contribution in [-0.2, 0) is 14.3 Å². The van der Waals surface area contributed by atoms with Crippen LogP contribution in [0.25, 0.3) is 0 Å². The van der Waals surface area contributed by atoms with Crippen LogP contribution < -0.4 is 10.6 Å². The van der Waals surface area contributed by atoms with Gasteiger partial charge in [0.15, 0.2) is 6.29 Å². The lowest BCUT2D eigenvalue weighted by atomic mass is 10.0. The summed E-state index contributed by atoms with van der Waals surface area (Å²) >= 11 is 0. The molecule has 2 N–H and O–H groups in total. The van der Waals surface area contributed by atoms with Crippen molar-refractivity contribution in [2.45, 2.75) is 57.7 Å². The van der Waals surface area contributed by atoms with Crippen LogP contribution in [0.5, 0.6) is 0 Å². The largest absolute Gasteiger partial charge is 0.363 e. The summed E-state index contributed by atoms with van der Waals surface area (Å²) in [6.45, 7) is 3.22. The number of benzene rings is 1. The number of anilines is 1. The van der Waals surface area contributed by atoms with Crippen molar-refractivity contribution in [3.8, 4) is 0 Å². The van der Waals surface area contributed by atoms with Gasteiger partial charge in [0.1, 0.15) is 17.5 Å². The van der Waals surface area contributed by atoms with Crippen molar-refractivity contribution < 1.29 is 40.6 Å². The number of alkyl halides is 5. The van der Waals surface area contributed by atoms with Crippen molar-refractivity contribution in [1.82, 2.24) is 15.3 Å². The Morgan fingerprint density at radius 3 is 2.36 bits per heavy atom. The molecule has 0 spiro atoms. The number of rotatable bonds is 9. The van der Waals surface area contributed by atoms with E-state index in [1.165, 1.54) is 26.0 Å². The summed E-state index contributed by atoms with van der Waals surface area (Å²) in [5.41, 5.74) is -1.34. The number of hydrogen-bond acceptors (Lipinski definition) is 6. The fourth-order valence-electron chi connectivity index (χ4n) is 4.06. The molecule has 196 valence electrons. The topological polar surface area (TPSA) is 85.4 Å². The highest BCUT2D eigenvalue weighted by molar-refractivity contribution is 5.83. The van der Waals surface area contributed by atoms with E-state index in [0.29, 0.717) is 0 Å². The molecule has 1 aliphatic carbocycles. The van der Waals surface area contributed by atoms with Gasteiger partial charge in [-0.3, -0.25) is 4.79 Å². The molecule has 1 saturated heterocycles. The number of aromatic nitrogens is 2. The number of halogens is 6. The molecule has 2 aromatic rings. The third-order valence-corrected chi connectivity index (χ3v) is 6.02. The minimum absolute atomic E-state index is 0.0359. The molecule has 1 amide bonds. The maximum absolute atomic E-state index is 15.4. The van der Waals surface area contributed by atoms with Crippen molar-refractivity contribution in [2.75, 3.05) is 18.5 Å². The van der Waals surface area contributed by atoms with Gasteiger partial charge in [0.05, 0.1) is 36.1 Å². The van der Waals surface area contributed by atoms with Gasteiger partial charge in [-0.25, -0.2) is 36.3 Å². The lowest BCUT2D eigenvalue weighted by Crippen LogP contribution is -2.32. The van der Waals surface area contributed by atoms with Gasteiger partial charge in [-0.15, -0.1) is 0 Å². The van der Waals surface area contributed by atoms with Gasteiger partial charge in [-0.05, 0) is 20.3 Å². The highest BCUT2D eigenvalue weighted by Gasteiger charge is 2.46. The smallest absolute Gasteiger partial charge is 0.266 e. The molecule has 0 bridgehead atoms. The van der Waals surface area contributed by atoms with Crippen LogP contribution in [-0.4, -0.2) is 41.6 Å². The summed E-state index contributed by atoms with van der Waals surface area (Å²) in [7, 11) is 0. The van der Waals surface area contributed by atoms with Gasteiger partial charge in [-0.1, -0.05) is 18.2 Å². The molecule has 2 fully saturated rings. The second-order valence-corrected chi connectivity index (χ2v) is 8.62. The highest BCUT2D eigenvalue weighted by Crippen LogP contribution is 2.39. The van der Waals surface area contributed by atoms with Gasteiger partial charge in [0, 0.05) is 17.5 Å². The Balaban J connectivity index is 1.66. The summed E-state index contributed by atoms with van der Waals surface area (Å²) in [6, 6.07) is 1.81. The van der Waals surface area contributed by atoms with Crippen LogP contribution in [0.3, 0.4) is 0 Å². The summed E-state index contributed by atoms with van der Waals surface area (Å²) in [6.07, 6.45) is -9.17. The van der Waals surface area contributed by atoms with Crippen molar-refractivity contribution in [3.63, 3.8) is 0 Å². The predicted molar refractivity (Wildman–Crippen MR) is 115 cm³/mol. The maximum Gasteiger partial charge on any atom is 0.266 e. The van der Waals surface area contributed by atoms with E-state index < -0.39 is 66.3 Å². The zero-order valence-corrected chi connectivity index (χ0v) is 19.3. The first-order chi connectivity index (χ1) is 17.1. The average Bonchev–Trinajstić information content (AvgIpc) is 3.38. The van der Waals surface area contributed by atoms with E-state index in [1.54, 1.807) is 0 Å². The third kappa shape index (κ3) is 5.41. The van der Waals surface area contributed by atoms with Crippen molar-refractivity contribution in [2.24, 2.45) is 5.92 Å². The lowest BCUT2D eigenvalue weighted by molar-refractivity contribution is -0.126. The third-order valence-electron chi connectivity index (χ3n) is 6.02. The van der Waals surface area contributed by atoms with E-state index in [2.05, 4.69) is 20.6 Å². The van der Waals surface area contributed by atoms with Crippen LogP contribution in [0.1, 0.15) is 66.5 Å². The van der Waals surface area contributed by atoms with Gasteiger partial charge < -0.3 is 20.1 Å². The molecule has 7 nitrogen and oxygen atoms in total. The lowest BCUT2D eigenvalue weighted by Gasteiger charge is -2.23. The van der Waals surface area contributed by atoms with E-state index in [4.69, 9.17) is 9.47 Å². The molecule has 4 rings (SSSR count). The standard InChI is InChI=1S/C23H24F6N4O3/c1-9(11-4-3-5-12(16(11)24)19(26)27)30-21-15(23-35-6-7-36-23)18(31-10(2)32-21)17(25)22(34)33-14-8-13(14)20(28)29/h3-5,9,13-14,17,19-20,23H,6-8H2,1-2H3,(H,33,34)(H,30,31,32)/t9-,13?,14+,17?/m1/s1. The number of carbonyl (C=O) groups is 1. The van der Waals surface area contributed by atoms with Crippen LogP contribution >= 0.6 is 0 Å². The number of ether oxygens (including phenoxy) is 2. The van der Waals surface area contributed by atoms with Crippen LogP contribution in [0.2, 0.25) is 0 Å². The Bertz CT molecular complexity index is 1120. The molecule has 1 saturated carbocycles. The number of aryl methyl sites for hydroxylation is 1. The molecule has 2 unspecified atom stereocenters. The minimum Gasteiger partial charge on any atom is -0.363 e. The fourth-order valence-corrected chi connectivity index (χ4v) is 4.06. The first-order valence-corrected chi connectivity index (χ1v) is 11.3. The molecule has 2 aliphatic rings. The monoisotopic (exact) mass is 518 g/mol. The molecule has 1 aromatic carbocycles. The second kappa shape index (κ2) is 10.6. The Morgan fingerprint density at radius 2 is 1.75 bits per heavy atom. The van der Waals surface area contributed by atoms with Gasteiger partial charge in [0.25, 0.3) is 12.3 Å². The van der Waals surface area contributed by atoms with Crippen molar-refractivity contribution >= 4 is 11.7 Å². The zero-order chi connectivity index (χ0) is 26.1. The molecule has 4 atom stereocenters. The zero-order valence-electron chi connectivity index (χ0n) is 19.3. The van der Waals surface area contributed by atoms with E-state index >= 15 is 4.39 Å². The molecule has 2 heterocycles. The Kier molecular flexibility index (Phi) is 7.69. The van der Waals surface area contributed by atoms with Gasteiger partial charge >= 0.3 is 0 Å². The molecule has 0 radical (unpaired) electrons. The number of hydrogen-bond donors (Lipinski definition) is 2. The maximum atomic E-state index is 15.4. The second-order valence-electron chi connectivity index (χ2n) is 8.62. The minimum atomic E-state index is -3.03. The molecular weight excluding hydrogens is 494 g/mol. The number of carbonyl (C=O) groups excluding carboxylic acids is 1. The molecule has 36 heavy (non-hydrogen) atoms. The van der Waals surface area contributed by atoms with Crippen LogP contribution in [0.4, 0.5) is 32.2 Å². The average molecular weight is 518 g/mol. The number of amides is 1. The van der Waals surface area contributed by atoms with Crippen LogP contribution in [0, 0.1) is 18.7 Å². The van der Waals surface area contributed by atoms with Gasteiger partial charge in [-0.2, -0.15) is 0 Å². The van der Waals surface area contributed by atoms with E-state index in [0.717, 1.165) is 6.07 Å². The Morgan fingerprint density at radius 1 is 1.08 bits per heavy atom. The fraction of sp³-hybridized carbons (Fsp3) is 0.522. The summed E-state index contributed by atoms with van der Waals surface area (Å²) in [5.74, 6) is -3.31. The predicted octanol–water partition coefficient (Wildman–Crippen LogP) is 4.86. The van der Waals surface area contributed by atoms with E-state index in [-0.39, 0.29) is 42.4 Å². The van der Waals surface area contributed by atoms with Crippen molar-refractivity contribution in [3.05, 3.63) is 52.2 Å². The molecule has 13 heteroatoms. The molecule has 1 aliphatic heterocycles. The first kappa shape index (κ1) is 26.1. The van der Waals surface area contributed by atoms with E-state index in [9.17, 15) is 26.7 Å². The Hall–Kier alpha value is -2.93. The number of nitrogens with one attached hydrogen (secondary N) is 2. The molecule has 1 aromatic heterocycles. The SMILES string of the molecule is Cc1nc(N[C@H](C)c2cccc(C(F)F)c2F)c(C2OCCO2)c(C(F)C(=O)N[C@H]2CC2C(F)F)n1. The summed E-state index contributed by atoms with van der Waals surface area (Å²) in [4.78, 5) is 20.8.